The molecule has 1 fully saturated rings. The summed E-state index contributed by atoms with van der Waals surface area (Å²) in [7, 11) is 2.16. The average molecular weight is 237 g/mol. The molecule has 1 aliphatic heterocycles. The summed E-state index contributed by atoms with van der Waals surface area (Å²) in [5.74, 6) is 1.05. The first kappa shape index (κ1) is 12.6. The highest BCUT2D eigenvalue weighted by molar-refractivity contribution is 5.03. The van der Waals surface area contributed by atoms with Crippen molar-refractivity contribution in [3.05, 3.63) is 24.2 Å². The predicted molar refractivity (Wildman–Crippen MR) is 69.1 cm³/mol. The third kappa shape index (κ3) is 3.56. The van der Waals surface area contributed by atoms with Gasteiger partial charge in [-0.3, -0.25) is 9.80 Å². The number of likely N-dealkylation sites (N-methyl/N-ethyl adjacent to an activating group) is 1. The van der Waals surface area contributed by atoms with E-state index < -0.39 is 0 Å². The van der Waals surface area contributed by atoms with Crippen LogP contribution >= 0.6 is 0 Å². The number of furan rings is 1. The van der Waals surface area contributed by atoms with Crippen LogP contribution in [-0.4, -0.2) is 56.1 Å². The monoisotopic (exact) mass is 237 g/mol. The zero-order valence-corrected chi connectivity index (χ0v) is 10.9. The van der Waals surface area contributed by atoms with Gasteiger partial charge in [0.25, 0.3) is 0 Å². The fraction of sp³-hybridized carbons (Fsp3) is 0.692. The van der Waals surface area contributed by atoms with Crippen LogP contribution in [0.1, 0.15) is 18.7 Å². The van der Waals surface area contributed by atoms with E-state index in [2.05, 4.69) is 29.1 Å². The summed E-state index contributed by atoms with van der Waals surface area (Å²) >= 11 is 0. The molecule has 1 unspecified atom stereocenters. The number of hydrogen-bond donors (Lipinski definition) is 1. The summed E-state index contributed by atoms with van der Waals surface area (Å²) in [6, 6.07) is 4.36. The molecule has 1 atom stereocenters. The van der Waals surface area contributed by atoms with Gasteiger partial charge in [-0.05, 0) is 26.1 Å². The van der Waals surface area contributed by atoms with E-state index in [-0.39, 0.29) is 0 Å². The second kappa shape index (κ2) is 6.19. The molecule has 2 rings (SSSR count). The third-order valence-electron chi connectivity index (χ3n) is 3.59. The number of nitrogens with zero attached hydrogens (tertiary/aromatic N) is 2. The van der Waals surface area contributed by atoms with Gasteiger partial charge in [0.15, 0.2) is 0 Å². The Morgan fingerprint density at radius 1 is 1.47 bits per heavy atom. The molecule has 0 amide bonds. The Kier molecular flexibility index (Phi) is 4.59. The molecule has 0 bridgehead atoms. The molecular formula is C13H23N3O. The van der Waals surface area contributed by atoms with Crippen molar-refractivity contribution in [2.24, 2.45) is 0 Å². The van der Waals surface area contributed by atoms with E-state index in [1.54, 1.807) is 6.26 Å². The first-order valence-electron chi connectivity index (χ1n) is 6.44. The number of rotatable bonds is 5. The van der Waals surface area contributed by atoms with Crippen molar-refractivity contribution >= 4 is 0 Å². The summed E-state index contributed by atoms with van der Waals surface area (Å²) in [6.45, 7) is 9.00. The molecule has 1 aliphatic rings. The van der Waals surface area contributed by atoms with Crippen molar-refractivity contribution in [1.29, 1.82) is 0 Å². The van der Waals surface area contributed by atoms with E-state index in [9.17, 15) is 0 Å². The molecule has 4 nitrogen and oxygen atoms in total. The summed E-state index contributed by atoms with van der Waals surface area (Å²) < 4.78 is 5.44. The highest BCUT2D eigenvalue weighted by Gasteiger charge is 2.15. The second-order valence-corrected chi connectivity index (χ2v) is 4.76. The molecule has 0 aliphatic carbocycles. The molecule has 4 heteroatoms. The number of hydrogen-bond acceptors (Lipinski definition) is 4. The standard InChI is InChI=1S/C13H23N3O/c1-12(13-4-3-11-17-13)15(2)9-10-16-7-5-14-6-8-16/h3-4,11-12,14H,5-10H2,1-2H3. The molecule has 2 heterocycles. The Hall–Kier alpha value is -0.840. The van der Waals surface area contributed by atoms with Gasteiger partial charge < -0.3 is 9.73 Å². The van der Waals surface area contributed by atoms with Crippen LogP contribution in [0.5, 0.6) is 0 Å². The topological polar surface area (TPSA) is 31.7 Å². The maximum atomic E-state index is 5.44. The van der Waals surface area contributed by atoms with Crippen LogP contribution in [0.3, 0.4) is 0 Å². The van der Waals surface area contributed by atoms with Crippen LogP contribution in [0.4, 0.5) is 0 Å². The minimum atomic E-state index is 0.355. The predicted octanol–water partition coefficient (Wildman–Crippen LogP) is 1.18. The lowest BCUT2D eigenvalue weighted by Crippen LogP contribution is -2.46. The van der Waals surface area contributed by atoms with E-state index >= 15 is 0 Å². The molecule has 1 aromatic heterocycles. The van der Waals surface area contributed by atoms with Crippen molar-refractivity contribution in [2.45, 2.75) is 13.0 Å². The Morgan fingerprint density at radius 2 is 2.24 bits per heavy atom. The van der Waals surface area contributed by atoms with Crippen molar-refractivity contribution in [3.63, 3.8) is 0 Å². The van der Waals surface area contributed by atoms with E-state index in [0.717, 1.165) is 31.9 Å². The number of piperazine rings is 1. The largest absolute Gasteiger partial charge is 0.468 e. The lowest BCUT2D eigenvalue weighted by molar-refractivity contribution is 0.172. The molecule has 1 saturated heterocycles. The van der Waals surface area contributed by atoms with E-state index in [0.29, 0.717) is 6.04 Å². The quantitative estimate of drug-likeness (QED) is 0.833. The fourth-order valence-corrected chi connectivity index (χ4v) is 2.17. The maximum absolute atomic E-state index is 5.44. The lowest BCUT2D eigenvalue weighted by atomic mass is 10.2. The second-order valence-electron chi connectivity index (χ2n) is 4.76. The molecule has 1 N–H and O–H groups in total. The molecule has 0 spiro atoms. The van der Waals surface area contributed by atoms with Crippen molar-refractivity contribution < 1.29 is 4.42 Å². The van der Waals surface area contributed by atoms with Gasteiger partial charge in [-0.15, -0.1) is 0 Å². The first-order valence-corrected chi connectivity index (χ1v) is 6.44. The van der Waals surface area contributed by atoms with Gasteiger partial charge in [0.2, 0.25) is 0 Å². The average Bonchev–Trinajstić information content (AvgIpc) is 2.90. The van der Waals surface area contributed by atoms with Crippen molar-refractivity contribution in [3.8, 4) is 0 Å². The van der Waals surface area contributed by atoms with Gasteiger partial charge in [0, 0.05) is 39.3 Å². The maximum Gasteiger partial charge on any atom is 0.120 e. The van der Waals surface area contributed by atoms with Gasteiger partial charge in [-0.25, -0.2) is 0 Å². The minimum absolute atomic E-state index is 0.355. The van der Waals surface area contributed by atoms with Crippen LogP contribution in [0.2, 0.25) is 0 Å². The molecular weight excluding hydrogens is 214 g/mol. The van der Waals surface area contributed by atoms with E-state index in [1.165, 1.54) is 13.1 Å². The minimum Gasteiger partial charge on any atom is -0.468 e. The Morgan fingerprint density at radius 3 is 2.88 bits per heavy atom. The van der Waals surface area contributed by atoms with Crippen LogP contribution in [0.25, 0.3) is 0 Å². The zero-order chi connectivity index (χ0) is 12.1. The zero-order valence-electron chi connectivity index (χ0n) is 10.9. The van der Waals surface area contributed by atoms with Crippen LogP contribution in [-0.2, 0) is 0 Å². The first-order chi connectivity index (χ1) is 8.27. The van der Waals surface area contributed by atoms with Gasteiger partial charge in [-0.2, -0.15) is 0 Å². The van der Waals surface area contributed by atoms with Gasteiger partial charge in [0.05, 0.1) is 12.3 Å². The van der Waals surface area contributed by atoms with E-state index in [4.69, 9.17) is 4.42 Å². The normalized spacial score (nSPS) is 19.7. The van der Waals surface area contributed by atoms with Gasteiger partial charge in [-0.1, -0.05) is 0 Å². The Labute approximate surface area is 104 Å². The number of nitrogens with one attached hydrogen (secondary N) is 1. The van der Waals surface area contributed by atoms with Crippen LogP contribution in [0.15, 0.2) is 22.8 Å². The molecule has 1 aromatic rings. The lowest BCUT2D eigenvalue weighted by Gasteiger charge is -2.30. The van der Waals surface area contributed by atoms with Crippen LogP contribution in [0, 0.1) is 0 Å². The molecule has 17 heavy (non-hydrogen) atoms. The third-order valence-corrected chi connectivity index (χ3v) is 3.59. The molecule has 96 valence electrons. The van der Waals surface area contributed by atoms with Crippen molar-refractivity contribution in [2.75, 3.05) is 46.3 Å². The van der Waals surface area contributed by atoms with Gasteiger partial charge >= 0.3 is 0 Å². The Balaban J connectivity index is 1.74. The summed E-state index contributed by atoms with van der Waals surface area (Å²) in [5, 5.41) is 3.38. The molecule has 0 saturated carbocycles. The highest BCUT2D eigenvalue weighted by Crippen LogP contribution is 2.18. The Bertz CT molecular complexity index is 306. The molecule has 0 radical (unpaired) electrons. The van der Waals surface area contributed by atoms with Crippen molar-refractivity contribution in [1.82, 2.24) is 15.1 Å². The smallest absolute Gasteiger partial charge is 0.120 e. The van der Waals surface area contributed by atoms with Gasteiger partial charge in [0.1, 0.15) is 5.76 Å². The summed E-state index contributed by atoms with van der Waals surface area (Å²) in [5.41, 5.74) is 0. The fourth-order valence-electron chi connectivity index (χ4n) is 2.17. The summed E-state index contributed by atoms with van der Waals surface area (Å²) in [6.07, 6.45) is 1.75. The highest BCUT2D eigenvalue weighted by atomic mass is 16.3. The van der Waals surface area contributed by atoms with Crippen LogP contribution < -0.4 is 5.32 Å². The SMILES string of the molecule is CC(c1ccco1)N(C)CCN1CCNCC1. The molecule has 0 aromatic carbocycles. The van der Waals surface area contributed by atoms with E-state index in [1.807, 2.05) is 12.1 Å². The summed E-state index contributed by atoms with van der Waals surface area (Å²) in [4.78, 5) is 4.86.